The van der Waals surface area contributed by atoms with E-state index in [0.29, 0.717) is 45.7 Å². The highest BCUT2D eigenvalue weighted by atomic mass is 35.5. The van der Waals surface area contributed by atoms with Gasteiger partial charge in [0, 0.05) is 10.6 Å². The molecule has 3 aromatic carbocycles. The minimum absolute atomic E-state index is 0.226. The van der Waals surface area contributed by atoms with E-state index in [4.69, 9.17) is 21.1 Å². The summed E-state index contributed by atoms with van der Waals surface area (Å²) in [6.07, 6.45) is 3.90. The summed E-state index contributed by atoms with van der Waals surface area (Å²) in [5, 5.41) is 0.130. The van der Waals surface area contributed by atoms with E-state index in [1.54, 1.807) is 54.6 Å². The number of rotatable bonds is 9. The minimum atomic E-state index is -0.410. The molecule has 0 aliphatic carbocycles. The Morgan fingerprint density at radius 3 is 2.44 bits per heavy atom. The number of benzene rings is 3. The molecule has 1 aliphatic heterocycles. The van der Waals surface area contributed by atoms with Crippen molar-refractivity contribution in [3.63, 3.8) is 0 Å². The van der Waals surface area contributed by atoms with E-state index in [2.05, 4.69) is 6.58 Å². The third kappa shape index (κ3) is 5.80. The SMILES string of the molecule is C=CCc1cc(/C=C2/SC(=O)N(c3ccc(Cl)cc3)C2=O)cc(OCC)c1OCc1ccc(F)cc1. The van der Waals surface area contributed by atoms with Gasteiger partial charge in [0.05, 0.1) is 17.2 Å². The van der Waals surface area contributed by atoms with E-state index in [0.717, 1.165) is 27.8 Å². The van der Waals surface area contributed by atoms with E-state index in [9.17, 15) is 14.0 Å². The van der Waals surface area contributed by atoms with Gasteiger partial charge in [-0.3, -0.25) is 9.59 Å². The van der Waals surface area contributed by atoms with Crippen LogP contribution in [-0.4, -0.2) is 17.8 Å². The number of hydrogen-bond acceptors (Lipinski definition) is 5. The number of ether oxygens (including phenoxy) is 2. The first-order chi connectivity index (χ1) is 17.4. The molecule has 0 saturated carbocycles. The molecule has 0 bridgehead atoms. The van der Waals surface area contributed by atoms with Crippen LogP contribution < -0.4 is 14.4 Å². The Labute approximate surface area is 218 Å². The van der Waals surface area contributed by atoms with Gasteiger partial charge in [0.15, 0.2) is 11.5 Å². The Morgan fingerprint density at radius 1 is 1.06 bits per heavy atom. The standard InChI is InChI=1S/C28H23ClFNO4S/c1-3-5-20-14-19(15-24(34-4-2)26(20)35-17-18-6-10-22(30)11-7-18)16-25-27(32)31(28(33)36-25)23-12-8-21(29)9-13-23/h3,6-16H,1,4-5,17H2,2H3/b25-16+. The van der Waals surface area contributed by atoms with Crippen molar-refractivity contribution in [2.24, 2.45) is 0 Å². The highest BCUT2D eigenvalue weighted by Crippen LogP contribution is 2.39. The van der Waals surface area contributed by atoms with Crippen LogP contribution in [0.25, 0.3) is 6.08 Å². The Kier molecular flexibility index (Phi) is 8.13. The van der Waals surface area contributed by atoms with E-state index in [1.807, 2.05) is 13.0 Å². The summed E-state index contributed by atoms with van der Waals surface area (Å²) in [6, 6.07) is 16.2. The smallest absolute Gasteiger partial charge is 0.298 e. The molecule has 0 spiro atoms. The second kappa shape index (κ2) is 11.5. The summed E-state index contributed by atoms with van der Waals surface area (Å²) in [4.78, 5) is 27.1. The number of allylic oxidation sites excluding steroid dienone is 1. The molecule has 5 nitrogen and oxygen atoms in total. The van der Waals surface area contributed by atoms with Crippen molar-refractivity contribution < 1.29 is 23.5 Å². The monoisotopic (exact) mass is 523 g/mol. The van der Waals surface area contributed by atoms with Gasteiger partial charge in [-0.05, 0) is 90.8 Å². The normalized spacial score (nSPS) is 14.4. The van der Waals surface area contributed by atoms with Crippen molar-refractivity contribution in [1.82, 2.24) is 0 Å². The molecular formula is C28H23ClFNO4S. The van der Waals surface area contributed by atoms with E-state index < -0.39 is 5.91 Å². The van der Waals surface area contributed by atoms with Crippen molar-refractivity contribution in [2.75, 3.05) is 11.5 Å². The van der Waals surface area contributed by atoms with Gasteiger partial charge in [-0.25, -0.2) is 9.29 Å². The van der Waals surface area contributed by atoms with Crippen LogP contribution in [0.15, 0.2) is 78.2 Å². The Bertz CT molecular complexity index is 1320. The molecule has 0 N–H and O–H groups in total. The molecule has 1 heterocycles. The van der Waals surface area contributed by atoms with E-state index >= 15 is 0 Å². The summed E-state index contributed by atoms with van der Waals surface area (Å²) in [5.41, 5.74) is 2.76. The molecule has 1 fully saturated rings. The van der Waals surface area contributed by atoms with Crippen LogP contribution in [0.1, 0.15) is 23.6 Å². The first-order valence-corrected chi connectivity index (χ1v) is 12.4. The van der Waals surface area contributed by atoms with Crippen molar-refractivity contribution in [3.05, 3.63) is 106 Å². The third-order valence-corrected chi connectivity index (χ3v) is 6.41. The predicted octanol–water partition coefficient (Wildman–Crippen LogP) is 7.43. The van der Waals surface area contributed by atoms with Crippen LogP contribution in [0.5, 0.6) is 11.5 Å². The van der Waals surface area contributed by atoms with Gasteiger partial charge in [-0.1, -0.05) is 29.8 Å². The van der Waals surface area contributed by atoms with Crippen LogP contribution in [0, 0.1) is 5.82 Å². The van der Waals surface area contributed by atoms with Crippen molar-refractivity contribution in [1.29, 1.82) is 0 Å². The van der Waals surface area contributed by atoms with E-state index in [-0.39, 0.29) is 17.7 Å². The lowest BCUT2D eigenvalue weighted by Crippen LogP contribution is -2.27. The fourth-order valence-corrected chi connectivity index (χ4v) is 4.64. The molecule has 0 unspecified atom stereocenters. The highest BCUT2D eigenvalue weighted by molar-refractivity contribution is 8.19. The molecule has 184 valence electrons. The first-order valence-electron chi connectivity index (χ1n) is 11.2. The van der Waals surface area contributed by atoms with Crippen molar-refractivity contribution in [3.8, 4) is 11.5 Å². The summed E-state index contributed by atoms with van der Waals surface area (Å²) in [6.45, 7) is 6.32. The maximum atomic E-state index is 13.2. The second-order valence-electron chi connectivity index (χ2n) is 7.84. The molecule has 8 heteroatoms. The average Bonchev–Trinajstić information content (AvgIpc) is 3.13. The Hall–Kier alpha value is -3.55. The van der Waals surface area contributed by atoms with Crippen LogP contribution in [0.2, 0.25) is 5.02 Å². The molecule has 1 aliphatic rings. The topological polar surface area (TPSA) is 55.8 Å². The zero-order valence-electron chi connectivity index (χ0n) is 19.5. The fraction of sp³-hybridized carbons (Fsp3) is 0.143. The average molecular weight is 524 g/mol. The number of amides is 2. The molecule has 0 atom stereocenters. The largest absolute Gasteiger partial charge is 0.490 e. The summed E-state index contributed by atoms with van der Waals surface area (Å²) >= 11 is 6.80. The predicted molar refractivity (Wildman–Crippen MR) is 142 cm³/mol. The summed E-state index contributed by atoms with van der Waals surface area (Å²) in [7, 11) is 0. The molecule has 0 aromatic heterocycles. The molecule has 2 amide bonds. The van der Waals surface area contributed by atoms with Crippen molar-refractivity contribution >= 4 is 46.3 Å². The lowest BCUT2D eigenvalue weighted by Gasteiger charge is -2.17. The lowest BCUT2D eigenvalue weighted by atomic mass is 10.0. The number of hydrogen-bond donors (Lipinski definition) is 0. The maximum absolute atomic E-state index is 13.2. The first kappa shape index (κ1) is 25.5. The van der Waals surface area contributed by atoms with Gasteiger partial charge < -0.3 is 9.47 Å². The van der Waals surface area contributed by atoms with E-state index in [1.165, 1.54) is 12.1 Å². The molecule has 36 heavy (non-hydrogen) atoms. The van der Waals surface area contributed by atoms with Gasteiger partial charge in [-0.2, -0.15) is 0 Å². The Morgan fingerprint density at radius 2 is 1.78 bits per heavy atom. The Balaban J connectivity index is 1.65. The van der Waals surface area contributed by atoms with Crippen LogP contribution in [-0.2, 0) is 17.8 Å². The molecule has 0 radical (unpaired) electrons. The van der Waals surface area contributed by atoms with Crippen molar-refractivity contribution in [2.45, 2.75) is 20.0 Å². The number of carbonyl (C=O) groups is 2. The van der Waals surface area contributed by atoms with Gasteiger partial charge >= 0.3 is 0 Å². The van der Waals surface area contributed by atoms with Gasteiger partial charge in [0.25, 0.3) is 11.1 Å². The number of thioether (sulfide) groups is 1. The number of anilines is 1. The van der Waals surface area contributed by atoms with Gasteiger partial charge in [0.2, 0.25) is 0 Å². The number of halogens is 2. The third-order valence-electron chi connectivity index (χ3n) is 5.29. The van der Waals surface area contributed by atoms with Gasteiger partial charge in [-0.15, -0.1) is 6.58 Å². The molecular weight excluding hydrogens is 501 g/mol. The molecule has 3 aromatic rings. The summed E-state index contributed by atoms with van der Waals surface area (Å²) < 4.78 is 25.2. The maximum Gasteiger partial charge on any atom is 0.298 e. The van der Waals surface area contributed by atoms with Gasteiger partial charge in [0.1, 0.15) is 12.4 Å². The quantitative estimate of drug-likeness (QED) is 0.216. The molecule has 4 rings (SSSR count). The van der Waals surface area contributed by atoms with Crippen LogP contribution in [0.4, 0.5) is 14.9 Å². The zero-order valence-corrected chi connectivity index (χ0v) is 21.1. The zero-order chi connectivity index (χ0) is 25.7. The second-order valence-corrected chi connectivity index (χ2v) is 9.27. The highest BCUT2D eigenvalue weighted by Gasteiger charge is 2.36. The summed E-state index contributed by atoms with van der Waals surface area (Å²) in [5.74, 6) is 0.327. The number of imide groups is 1. The number of carbonyl (C=O) groups excluding carboxylic acids is 2. The van der Waals surface area contributed by atoms with Crippen LogP contribution >= 0.6 is 23.4 Å². The van der Waals surface area contributed by atoms with Crippen LogP contribution in [0.3, 0.4) is 0 Å². The minimum Gasteiger partial charge on any atom is -0.490 e. The lowest BCUT2D eigenvalue weighted by molar-refractivity contribution is -0.113. The fourth-order valence-electron chi connectivity index (χ4n) is 3.67. The molecule has 1 saturated heterocycles. The number of nitrogens with zero attached hydrogens (tertiary/aromatic N) is 1.